The molecular weight excluding hydrogens is 340 g/mol. The number of ether oxygens (including phenoxy) is 1. The van der Waals surface area contributed by atoms with Crippen molar-refractivity contribution < 1.29 is 13.2 Å². The highest BCUT2D eigenvalue weighted by molar-refractivity contribution is 7.91. The van der Waals surface area contributed by atoms with Gasteiger partial charge in [-0.25, -0.2) is 8.42 Å². The van der Waals surface area contributed by atoms with Crippen molar-refractivity contribution in [3.05, 3.63) is 29.8 Å². The van der Waals surface area contributed by atoms with Crippen molar-refractivity contribution in [3.63, 3.8) is 0 Å². The van der Waals surface area contributed by atoms with Gasteiger partial charge in [-0.2, -0.15) is 0 Å². The molecule has 1 unspecified atom stereocenters. The van der Waals surface area contributed by atoms with E-state index in [9.17, 15) is 8.42 Å². The molecule has 1 atom stereocenters. The minimum absolute atomic E-state index is 0.0557. The molecule has 2 heterocycles. The average Bonchev–Trinajstić information content (AvgIpc) is 2.98. The van der Waals surface area contributed by atoms with E-state index in [1.165, 1.54) is 5.69 Å². The minimum atomic E-state index is -2.89. The molecule has 25 heavy (non-hydrogen) atoms. The van der Waals surface area contributed by atoms with Gasteiger partial charge in [0, 0.05) is 38.4 Å². The monoisotopic (exact) mass is 366 g/mol. The fraction of sp³-hybridized carbons (Fsp3) is 0.588. The number of rotatable bonds is 4. The first-order valence-corrected chi connectivity index (χ1v) is 10.5. The molecule has 7 nitrogen and oxygen atoms in total. The van der Waals surface area contributed by atoms with E-state index in [0.29, 0.717) is 18.9 Å². The topological polar surface area (TPSA) is 83.0 Å². The second-order valence-electron chi connectivity index (χ2n) is 6.44. The Labute approximate surface area is 149 Å². The standard InChI is InChI=1S/C17H26N4O3S/c1-18-17(20-15-6-11-25(22,23)13-15)19-12-14-2-4-16(5-3-14)21-7-9-24-10-8-21/h2-5,15H,6-13H2,1H3,(H2,18,19,20). The Hall–Kier alpha value is -1.80. The third-order valence-corrected chi connectivity index (χ3v) is 6.34. The van der Waals surface area contributed by atoms with Crippen LogP contribution in [0.25, 0.3) is 0 Å². The van der Waals surface area contributed by atoms with Gasteiger partial charge < -0.3 is 20.3 Å². The first kappa shape index (κ1) is 18.0. The smallest absolute Gasteiger partial charge is 0.191 e. The van der Waals surface area contributed by atoms with Gasteiger partial charge in [-0.3, -0.25) is 4.99 Å². The fourth-order valence-electron chi connectivity index (χ4n) is 3.13. The maximum Gasteiger partial charge on any atom is 0.191 e. The molecule has 2 fully saturated rings. The van der Waals surface area contributed by atoms with E-state index in [2.05, 4.69) is 44.8 Å². The summed E-state index contributed by atoms with van der Waals surface area (Å²) in [7, 11) is -1.20. The third-order valence-electron chi connectivity index (χ3n) is 4.57. The number of nitrogens with one attached hydrogen (secondary N) is 2. The van der Waals surface area contributed by atoms with Crippen LogP contribution in [0.15, 0.2) is 29.3 Å². The van der Waals surface area contributed by atoms with Gasteiger partial charge >= 0.3 is 0 Å². The molecule has 138 valence electrons. The molecule has 1 aromatic carbocycles. The predicted octanol–water partition coefficient (Wildman–Crippen LogP) is 0.375. The van der Waals surface area contributed by atoms with E-state index < -0.39 is 9.84 Å². The van der Waals surface area contributed by atoms with Crippen LogP contribution in [-0.4, -0.2) is 65.3 Å². The zero-order valence-corrected chi connectivity index (χ0v) is 15.4. The molecule has 3 rings (SSSR count). The number of guanidine groups is 1. The molecule has 2 aliphatic heterocycles. The first-order valence-electron chi connectivity index (χ1n) is 8.65. The predicted molar refractivity (Wildman–Crippen MR) is 99.9 cm³/mol. The Bertz CT molecular complexity index is 697. The van der Waals surface area contributed by atoms with Crippen molar-refractivity contribution in [2.75, 3.05) is 49.8 Å². The highest BCUT2D eigenvalue weighted by Gasteiger charge is 2.28. The summed E-state index contributed by atoms with van der Waals surface area (Å²) in [6, 6.07) is 8.40. The molecule has 0 radical (unpaired) electrons. The van der Waals surface area contributed by atoms with Gasteiger partial charge in [-0.1, -0.05) is 12.1 Å². The Morgan fingerprint density at radius 2 is 2.00 bits per heavy atom. The zero-order valence-electron chi connectivity index (χ0n) is 14.6. The van der Waals surface area contributed by atoms with Crippen LogP contribution in [0, 0.1) is 0 Å². The van der Waals surface area contributed by atoms with Gasteiger partial charge in [0.05, 0.1) is 24.7 Å². The zero-order chi connectivity index (χ0) is 17.7. The summed E-state index contributed by atoms with van der Waals surface area (Å²) >= 11 is 0. The Morgan fingerprint density at radius 1 is 1.28 bits per heavy atom. The maximum atomic E-state index is 11.5. The minimum Gasteiger partial charge on any atom is -0.378 e. The van der Waals surface area contributed by atoms with Gasteiger partial charge in [0.2, 0.25) is 0 Å². The lowest BCUT2D eigenvalue weighted by Gasteiger charge is -2.29. The summed E-state index contributed by atoms with van der Waals surface area (Å²) in [6.07, 6.45) is 0.636. The Morgan fingerprint density at radius 3 is 2.60 bits per heavy atom. The summed E-state index contributed by atoms with van der Waals surface area (Å²) in [5, 5.41) is 6.44. The van der Waals surface area contributed by atoms with Crippen molar-refractivity contribution >= 4 is 21.5 Å². The van der Waals surface area contributed by atoms with E-state index in [1.54, 1.807) is 7.05 Å². The first-order chi connectivity index (χ1) is 12.1. The second-order valence-corrected chi connectivity index (χ2v) is 8.66. The van der Waals surface area contributed by atoms with Crippen LogP contribution < -0.4 is 15.5 Å². The molecule has 0 aromatic heterocycles. The molecule has 0 bridgehead atoms. The van der Waals surface area contributed by atoms with Crippen LogP contribution in [0.5, 0.6) is 0 Å². The van der Waals surface area contributed by atoms with E-state index >= 15 is 0 Å². The Balaban J connectivity index is 1.50. The van der Waals surface area contributed by atoms with E-state index in [0.717, 1.165) is 31.9 Å². The van der Waals surface area contributed by atoms with E-state index in [4.69, 9.17) is 4.74 Å². The lowest BCUT2D eigenvalue weighted by Crippen LogP contribution is -2.43. The van der Waals surface area contributed by atoms with Gasteiger partial charge in [-0.15, -0.1) is 0 Å². The van der Waals surface area contributed by atoms with Gasteiger partial charge in [-0.05, 0) is 24.1 Å². The fourth-order valence-corrected chi connectivity index (χ4v) is 4.80. The molecule has 0 spiro atoms. The summed E-state index contributed by atoms with van der Waals surface area (Å²) in [5.41, 5.74) is 2.37. The van der Waals surface area contributed by atoms with Crippen molar-refractivity contribution in [1.82, 2.24) is 10.6 Å². The van der Waals surface area contributed by atoms with Crippen LogP contribution in [0.2, 0.25) is 0 Å². The number of nitrogens with zero attached hydrogens (tertiary/aromatic N) is 2. The lowest BCUT2D eigenvalue weighted by atomic mass is 10.2. The second kappa shape index (κ2) is 8.05. The lowest BCUT2D eigenvalue weighted by molar-refractivity contribution is 0.122. The number of benzene rings is 1. The van der Waals surface area contributed by atoms with Crippen LogP contribution in [0.3, 0.4) is 0 Å². The quantitative estimate of drug-likeness (QED) is 0.592. The van der Waals surface area contributed by atoms with E-state index in [1.807, 2.05) is 0 Å². The molecule has 0 amide bonds. The van der Waals surface area contributed by atoms with E-state index in [-0.39, 0.29) is 17.5 Å². The van der Waals surface area contributed by atoms with Gasteiger partial charge in [0.25, 0.3) is 0 Å². The van der Waals surface area contributed by atoms with Gasteiger partial charge in [0.1, 0.15) is 0 Å². The SMILES string of the molecule is CN=C(NCc1ccc(N2CCOCC2)cc1)NC1CCS(=O)(=O)C1. The number of hydrogen-bond donors (Lipinski definition) is 2. The average molecular weight is 366 g/mol. The summed E-state index contributed by atoms with van der Waals surface area (Å²) < 4.78 is 28.5. The normalized spacial score (nSPS) is 23.5. The highest BCUT2D eigenvalue weighted by Crippen LogP contribution is 2.16. The van der Waals surface area contributed by atoms with Crippen molar-refractivity contribution in [1.29, 1.82) is 0 Å². The largest absolute Gasteiger partial charge is 0.378 e. The number of anilines is 1. The maximum absolute atomic E-state index is 11.5. The van der Waals surface area contributed by atoms with Crippen molar-refractivity contribution in [2.45, 2.75) is 19.0 Å². The molecule has 0 saturated carbocycles. The van der Waals surface area contributed by atoms with Crippen molar-refractivity contribution in [3.8, 4) is 0 Å². The van der Waals surface area contributed by atoms with Crippen LogP contribution in [0.1, 0.15) is 12.0 Å². The number of aliphatic imine (C=N–C) groups is 1. The molecule has 1 aromatic rings. The Kier molecular flexibility index (Phi) is 5.80. The number of hydrogen-bond acceptors (Lipinski definition) is 5. The number of morpholine rings is 1. The molecule has 2 aliphatic rings. The molecule has 8 heteroatoms. The third kappa shape index (κ3) is 5.09. The van der Waals surface area contributed by atoms with Gasteiger partial charge in [0.15, 0.2) is 15.8 Å². The number of sulfone groups is 1. The molecule has 2 N–H and O–H groups in total. The molecule has 2 saturated heterocycles. The summed E-state index contributed by atoms with van der Waals surface area (Å²) in [5.74, 6) is 1.08. The summed E-state index contributed by atoms with van der Waals surface area (Å²) in [6.45, 7) is 4.06. The van der Waals surface area contributed by atoms with Crippen LogP contribution in [-0.2, 0) is 21.1 Å². The summed E-state index contributed by atoms with van der Waals surface area (Å²) in [4.78, 5) is 6.50. The molecular formula is C17H26N4O3S. The molecule has 0 aliphatic carbocycles. The van der Waals surface area contributed by atoms with Crippen LogP contribution in [0.4, 0.5) is 5.69 Å². The van der Waals surface area contributed by atoms with Crippen molar-refractivity contribution in [2.24, 2.45) is 4.99 Å². The van der Waals surface area contributed by atoms with Crippen LogP contribution >= 0.6 is 0 Å². The highest BCUT2D eigenvalue weighted by atomic mass is 32.2.